The molecule has 2 unspecified atom stereocenters. The molecule has 160 valence electrons. The second-order valence-electron chi connectivity index (χ2n) is 8.05. The summed E-state index contributed by atoms with van der Waals surface area (Å²) >= 11 is 1.68. The molecule has 2 aromatic heterocycles. The minimum absolute atomic E-state index is 0.0000652. The Morgan fingerprint density at radius 1 is 1.10 bits per heavy atom. The van der Waals surface area contributed by atoms with Gasteiger partial charge >= 0.3 is 0 Å². The second kappa shape index (κ2) is 8.49. The lowest BCUT2D eigenvalue weighted by Gasteiger charge is -2.35. The molecule has 31 heavy (non-hydrogen) atoms. The lowest BCUT2D eigenvalue weighted by atomic mass is 9.88. The Balaban J connectivity index is 1.58. The number of fused-ring (bicyclic) bond motifs is 2. The molecule has 0 spiro atoms. The van der Waals surface area contributed by atoms with Gasteiger partial charge in [-0.25, -0.2) is 8.78 Å². The molecular formula is C24H24F2N4S. The third-order valence-corrected chi connectivity index (χ3v) is 6.87. The van der Waals surface area contributed by atoms with Crippen LogP contribution < -0.4 is 26.5 Å². The Morgan fingerprint density at radius 3 is 2.84 bits per heavy atom. The standard InChI is InChI=1S/C24H24F2N4S/c1-14-9-19-21(22-16(11-18(26)13-29-22)12-30-24(19)31-14)23-20(27-7-8-28-23)6-5-15-3-2-4-17(25)10-15/h2-4,9-13,20,23,27-28,30H,5-8H2,1H3. The molecule has 4 heterocycles. The third kappa shape index (κ3) is 4.13. The van der Waals surface area contributed by atoms with E-state index in [-0.39, 0.29) is 23.7 Å². The van der Waals surface area contributed by atoms with Crippen LogP contribution in [0.5, 0.6) is 0 Å². The number of nitrogens with zero attached hydrogens (tertiary/aromatic N) is 1. The summed E-state index contributed by atoms with van der Waals surface area (Å²) in [4.78, 5) is 5.71. The minimum Gasteiger partial charge on any atom is -0.352 e. The summed E-state index contributed by atoms with van der Waals surface area (Å²) < 4.78 is 27.6. The third-order valence-electron chi connectivity index (χ3n) is 5.89. The van der Waals surface area contributed by atoms with E-state index in [1.807, 2.05) is 12.3 Å². The Bertz CT molecular complexity index is 1240. The predicted octanol–water partition coefficient (Wildman–Crippen LogP) is 2.66. The Morgan fingerprint density at radius 2 is 1.97 bits per heavy atom. The van der Waals surface area contributed by atoms with Gasteiger partial charge in [-0.2, -0.15) is 0 Å². The first-order valence-electron chi connectivity index (χ1n) is 10.5. The molecule has 4 nitrogen and oxygen atoms in total. The van der Waals surface area contributed by atoms with Gasteiger partial charge in [0.2, 0.25) is 0 Å². The van der Waals surface area contributed by atoms with Crippen LogP contribution in [0.15, 0.2) is 42.6 Å². The predicted molar refractivity (Wildman–Crippen MR) is 121 cm³/mol. The maximum atomic E-state index is 14.0. The fourth-order valence-electron chi connectivity index (χ4n) is 4.53. The van der Waals surface area contributed by atoms with Crippen molar-refractivity contribution in [1.82, 2.24) is 15.6 Å². The van der Waals surface area contributed by atoms with E-state index in [1.165, 1.54) is 23.2 Å². The molecule has 0 aliphatic carbocycles. The van der Waals surface area contributed by atoms with E-state index in [1.54, 1.807) is 23.5 Å². The summed E-state index contributed by atoms with van der Waals surface area (Å²) in [5.74, 6) is -0.558. The van der Waals surface area contributed by atoms with Crippen molar-refractivity contribution in [2.24, 2.45) is 0 Å². The molecule has 1 saturated heterocycles. The first-order valence-corrected chi connectivity index (χ1v) is 11.3. The second-order valence-corrected chi connectivity index (χ2v) is 9.31. The molecule has 2 aliphatic rings. The van der Waals surface area contributed by atoms with E-state index in [0.29, 0.717) is 0 Å². The first-order chi connectivity index (χ1) is 15.1. The molecular weight excluding hydrogens is 414 g/mol. The van der Waals surface area contributed by atoms with Crippen LogP contribution in [-0.2, 0) is 6.42 Å². The van der Waals surface area contributed by atoms with Crippen molar-refractivity contribution >= 4 is 28.1 Å². The lowest BCUT2D eigenvalue weighted by Crippen LogP contribution is -2.58. The zero-order chi connectivity index (χ0) is 21.4. The molecule has 3 aromatic rings. The molecule has 2 aliphatic heterocycles. The SMILES string of the molecule is Cc1cc2c(s1)NC=c1cc(F)cnc1=C2C1NCCNC1CCc1cccc(F)c1. The Labute approximate surface area is 183 Å². The van der Waals surface area contributed by atoms with Gasteiger partial charge in [0.25, 0.3) is 0 Å². The minimum atomic E-state index is -0.352. The largest absolute Gasteiger partial charge is 0.352 e. The van der Waals surface area contributed by atoms with Crippen LogP contribution in [0.4, 0.5) is 13.8 Å². The summed E-state index contributed by atoms with van der Waals surface area (Å²) in [6, 6.07) is 10.6. The van der Waals surface area contributed by atoms with Crippen LogP contribution in [0.2, 0.25) is 0 Å². The van der Waals surface area contributed by atoms with Crippen molar-refractivity contribution < 1.29 is 8.78 Å². The number of thiophene rings is 1. The topological polar surface area (TPSA) is 49.0 Å². The number of benzene rings is 1. The van der Waals surface area contributed by atoms with E-state index >= 15 is 0 Å². The summed E-state index contributed by atoms with van der Waals surface area (Å²) in [6.45, 7) is 3.78. The summed E-state index contributed by atoms with van der Waals surface area (Å²) in [5.41, 5.74) is 3.17. The molecule has 3 N–H and O–H groups in total. The molecule has 0 bridgehead atoms. The van der Waals surface area contributed by atoms with Gasteiger partial charge in [-0.3, -0.25) is 4.98 Å². The zero-order valence-electron chi connectivity index (χ0n) is 17.2. The molecule has 5 rings (SSSR count). The first kappa shape index (κ1) is 20.3. The number of rotatable bonds is 4. The molecule has 1 fully saturated rings. The number of hydrogen-bond donors (Lipinski definition) is 3. The number of halogens is 2. The van der Waals surface area contributed by atoms with Crippen molar-refractivity contribution in [3.8, 4) is 0 Å². The molecule has 1 aromatic carbocycles. The number of pyridine rings is 1. The van der Waals surface area contributed by atoms with E-state index in [0.717, 1.165) is 58.2 Å². The highest BCUT2D eigenvalue weighted by atomic mass is 32.1. The molecule has 0 amide bonds. The number of piperazine rings is 1. The number of aryl methyl sites for hydroxylation is 2. The molecule has 0 radical (unpaired) electrons. The van der Waals surface area contributed by atoms with Crippen molar-refractivity contribution in [1.29, 1.82) is 0 Å². The van der Waals surface area contributed by atoms with Crippen molar-refractivity contribution in [3.05, 3.63) is 80.8 Å². The van der Waals surface area contributed by atoms with Crippen molar-refractivity contribution in [3.63, 3.8) is 0 Å². The van der Waals surface area contributed by atoms with Crippen LogP contribution >= 0.6 is 11.3 Å². The Hall–Kier alpha value is -2.61. The number of anilines is 1. The van der Waals surface area contributed by atoms with Gasteiger partial charge in [0.05, 0.1) is 17.6 Å². The fourth-order valence-corrected chi connectivity index (χ4v) is 5.42. The van der Waals surface area contributed by atoms with Crippen molar-refractivity contribution in [2.45, 2.75) is 31.8 Å². The number of nitrogens with one attached hydrogen (secondary N) is 3. The van der Waals surface area contributed by atoms with Crippen molar-refractivity contribution in [2.75, 3.05) is 18.4 Å². The monoisotopic (exact) mass is 438 g/mol. The normalized spacial score (nSPS) is 20.3. The number of hydrogen-bond acceptors (Lipinski definition) is 5. The highest BCUT2D eigenvalue weighted by Gasteiger charge is 2.31. The van der Waals surface area contributed by atoms with Crippen LogP contribution in [-0.4, -0.2) is 30.2 Å². The molecule has 0 saturated carbocycles. The van der Waals surface area contributed by atoms with Gasteiger partial charge in [0.1, 0.15) is 16.6 Å². The van der Waals surface area contributed by atoms with Gasteiger partial charge in [0, 0.05) is 46.6 Å². The van der Waals surface area contributed by atoms with Gasteiger partial charge in [0.15, 0.2) is 0 Å². The smallest absolute Gasteiger partial charge is 0.142 e. The summed E-state index contributed by atoms with van der Waals surface area (Å²) in [6.07, 6.45) is 4.74. The van der Waals surface area contributed by atoms with Crippen LogP contribution in [0.1, 0.15) is 22.4 Å². The number of aromatic nitrogens is 1. The maximum absolute atomic E-state index is 14.0. The van der Waals surface area contributed by atoms with E-state index in [4.69, 9.17) is 0 Å². The fraction of sp³-hybridized carbons (Fsp3) is 0.292. The average Bonchev–Trinajstić information content (AvgIpc) is 3.06. The highest BCUT2D eigenvalue weighted by Crippen LogP contribution is 2.35. The summed E-state index contributed by atoms with van der Waals surface area (Å²) in [7, 11) is 0. The van der Waals surface area contributed by atoms with Gasteiger partial charge < -0.3 is 16.0 Å². The van der Waals surface area contributed by atoms with E-state index in [9.17, 15) is 8.78 Å². The van der Waals surface area contributed by atoms with Gasteiger partial charge in [-0.05, 0) is 49.6 Å². The van der Waals surface area contributed by atoms with Crippen LogP contribution in [0, 0.1) is 18.6 Å². The Kier molecular flexibility index (Phi) is 5.56. The molecule has 2 atom stereocenters. The van der Waals surface area contributed by atoms with Crippen LogP contribution in [0.25, 0.3) is 11.8 Å². The molecule has 7 heteroatoms. The highest BCUT2D eigenvalue weighted by molar-refractivity contribution is 7.16. The van der Waals surface area contributed by atoms with Crippen LogP contribution in [0.3, 0.4) is 0 Å². The average molecular weight is 439 g/mol. The van der Waals surface area contributed by atoms with E-state index in [2.05, 4.69) is 33.9 Å². The van der Waals surface area contributed by atoms with Gasteiger partial charge in [-0.1, -0.05) is 12.1 Å². The lowest BCUT2D eigenvalue weighted by molar-refractivity contribution is 0.352. The van der Waals surface area contributed by atoms with Gasteiger partial charge in [-0.15, -0.1) is 11.3 Å². The summed E-state index contributed by atoms with van der Waals surface area (Å²) in [5, 5.41) is 13.3. The zero-order valence-corrected chi connectivity index (χ0v) is 18.0. The maximum Gasteiger partial charge on any atom is 0.142 e. The quantitative estimate of drug-likeness (QED) is 0.586. The van der Waals surface area contributed by atoms with E-state index < -0.39 is 0 Å².